The molecule has 1 fully saturated rings. The molecule has 5 rings (SSSR count). The molecule has 0 atom stereocenters. The van der Waals surface area contributed by atoms with Crippen LogP contribution >= 0.6 is 0 Å². The van der Waals surface area contributed by atoms with Crippen LogP contribution in [0.4, 0.5) is 5.69 Å². The largest absolute Gasteiger partial charge is 0.362 e. The van der Waals surface area contributed by atoms with Gasteiger partial charge in [0.15, 0.2) is 0 Å². The molecule has 0 aliphatic carbocycles. The van der Waals surface area contributed by atoms with Crippen molar-refractivity contribution in [3.05, 3.63) is 47.8 Å². The molecular formula is C19H24N6. The predicted octanol–water partition coefficient (Wildman–Crippen LogP) is 1.90. The number of anilines is 1. The molecule has 130 valence electrons. The Morgan fingerprint density at radius 3 is 2.80 bits per heavy atom. The van der Waals surface area contributed by atoms with Crippen molar-refractivity contribution in [2.24, 2.45) is 12.0 Å². The van der Waals surface area contributed by atoms with Gasteiger partial charge in [-0.1, -0.05) is 12.1 Å². The van der Waals surface area contributed by atoms with Crippen LogP contribution in [0.25, 0.3) is 0 Å². The highest BCUT2D eigenvalue weighted by atomic mass is 15.4. The van der Waals surface area contributed by atoms with E-state index in [-0.39, 0.29) is 5.66 Å². The van der Waals surface area contributed by atoms with Crippen LogP contribution in [-0.2, 0) is 13.6 Å². The topological polar surface area (TPSA) is 48.7 Å². The van der Waals surface area contributed by atoms with Crippen molar-refractivity contribution in [3.63, 3.8) is 0 Å². The lowest BCUT2D eigenvalue weighted by atomic mass is 9.90. The van der Waals surface area contributed by atoms with Crippen LogP contribution in [0.3, 0.4) is 0 Å². The first-order valence-electron chi connectivity index (χ1n) is 9.13. The zero-order chi connectivity index (χ0) is 16.9. The molecule has 25 heavy (non-hydrogen) atoms. The van der Waals surface area contributed by atoms with Gasteiger partial charge in [0.25, 0.3) is 0 Å². The van der Waals surface area contributed by atoms with E-state index in [1.54, 1.807) is 0 Å². The van der Waals surface area contributed by atoms with E-state index in [0.717, 1.165) is 45.6 Å². The molecule has 0 unspecified atom stereocenters. The number of likely N-dealkylation sites (tertiary alicyclic amines) is 1. The highest BCUT2D eigenvalue weighted by Crippen LogP contribution is 2.39. The normalized spacial score (nSPS) is 21.6. The summed E-state index contributed by atoms with van der Waals surface area (Å²) in [5, 5.41) is 8.16. The van der Waals surface area contributed by atoms with Gasteiger partial charge in [-0.15, -0.1) is 0 Å². The minimum absolute atomic E-state index is 0.0229. The van der Waals surface area contributed by atoms with Crippen molar-refractivity contribution in [3.8, 4) is 0 Å². The lowest BCUT2D eigenvalue weighted by Crippen LogP contribution is -2.63. The van der Waals surface area contributed by atoms with E-state index in [4.69, 9.17) is 4.99 Å². The Labute approximate surface area is 148 Å². The maximum Gasteiger partial charge on any atom is 0.134 e. The maximum absolute atomic E-state index is 4.82. The van der Waals surface area contributed by atoms with Crippen molar-refractivity contribution < 1.29 is 0 Å². The first kappa shape index (κ1) is 15.0. The molecule has 0 amide bonds. The van der Waals surface area contributed by atoms with E-state index in [9.17, 15) is 0 Å². The van der Waals surface area contributed by atoms with Gasteiger partial charge in [0.1, 0.15) is 11.5 Å². The van der Waals surface area contributed by atoms with E-state index < -0.39 is 0 Å². The van der Waals surface area contributed by atoms with E-state index in [1.165, 1.54) is 22.6 Å². The molecule has 3 aliphatic rings. The van der Waals surface area contributed by atoms with Crippen molar-refractivity contribution in [1.82, 2.24) is 19.6 Å². The second kappa shape index (κ2) is 5.59. The van der Waals surface area contributed by atoms with Crippen LogP contribution in [-0.4, -0.2) is 57.3 Å². The Balaban J connectivity index is 1.36. The predicted molar refractivity (Wildman–Crippen MR) is 98.6 cm³/mol. The summed E-state index contributed by atoms with van der Waals surface area (Å²) in [6.07, 6.45) is 6.32. The van der Waals surface area contributed by atoms with Gasteiger partial charge in [-0.3, -0.25) is 14.6 Å². The lowest BCUT2D eigenvalue weighted by Gasteiger charge is -2.52. The number of aliphatic imine (C=N–C) groups is 1. The molecule has 1 aromatic heterocycles. The molecule has 3 aliphatic heterocycles. The van der Waals surface area contributed by atoms with Crippen LogP contribution in [0.5, 0.6) is 0 Å². The summed E-state index contributed by atoms with van der Waals surface area (Å²) in [6, 6.07) is 8.59. The number of para-hydroxylation sites is 1. The number of hydrogen-bond donors (Lipinski definition) is 1. The number of rotatable bonds is 2. The third-order valence-electron chi connectivity index (χ3n) is 5.74. The highest BCUT2D eigenvalue weighted by molar-refractivity contribution is 6.06. The Hall–Kier alpha value is -2.34. The number of nitrogens with zero attached hydrogens (tertiary/aromatic N) is 5. The summed E-state index contributed by atoms with van der Waals surface area (Å²) in [7, 11) is 1.98. The van der Waals surface area contributed by atoms with Crippen LogP contribution in [0.1, 0.15) is 24.0 Å². The maximum atomic E-state index is 4.82. The zero-order valence-corrected chi connectivity index (χ0v) is 14.6. The first-order valence-corrected chi connectivity index (χ1v) is 9.13. The summed E-state index contributed by atoms with van der Waals surface area (Å²) < 4.78 is 1.88. The fourth-order valence-electron chi connectivity index (χ4n) is 4.49. The molecular weight excluding hydrogens is 312 g/mol. The SMILES string of the molecule is Cn1cc(CN2CCC3(CC2)Nc2ccccc2C2=NCCN23)cn1. The fourth-order valence-corrected chi connectivity index (χ4v) is 4.49. The molecule has 1 N–H and O–H groups in total. The third-order valence-corrected chi connectivity index (χ3v) is 5.74. The number of piperidine rings is 1. The number of hydrogen-bond acceptors (Lipinski definition) is 5. The third kappa shape index (κ3) is 2.43. The number of aryl methyl sites for hydroxylation is 1. The molecule has 0 radical (unpaired) electrons. The summed E-state index contributed by atoms with van der Waals surface area (Å²) in [4.78, 5) is 9.88. The first-order chi connectivity index (χ1) is 12.2. The van der Waals surface area contributed by atoms with Gasteiger partial charge in [0, 0.05) is 69.1 Å². The Morgan fingerprint density at radius 1 is 1.16 bits per heavy atom. The average Bonchev–Trinajstić information content (AvgIpc) is 3.27. The van der Waals surface area contributed by atoms with Crippen LogP contribution in [0, 0.1) is 0 Å². The molecule has 1 spiro atoms. The van der Waals surface area contributed by atoms with Gasteiger partial charge in [0.2, 0.25) is 0 Å². The molecule has 4 heterocycles. The Bertz CT molecular complexity index is 815. The van der Waals surface area contributed by atoms with E-state index >= 15 is 0 Å². The molecule has 1 aromatic carbocycles. The van der Waals surface area contributed by atoms with Crippen LogP contribution in [0.15, 0.2) is 41.7 Å². The van der Waals surface area contributed by atoms with Crippen molar-refractivity contribution in [2.45, 2.75) is 25.0 Å². The zero-order valence-electron chi connectivity index (χ0n) is 14.6. The Morgan fingerprint density at radius 2 is 2.00 bits per heavy atom. The highest BCUT2D eigenvalue weighted by Gasteiger charge is 2.46. The number of benzene rings is 1. The van der Waals surface area contributed by atoms with Gasteiger partial charge in [-0.05, 0) is 12.1 Å². The molecule has 6 nitrogen and oxygen atoms in total. The number of nitrogens with one attached hydrogen (secondary N) is 1. The number of fused-ring (bicyclic) bond motifs is 4. The smallest absolute Gasteiger partial charge is 0.134 e. The average molecular weight is 336 g/mol. The van der Waals surface area contributed by atoms with E-state index in [1.807, 2.05) is 17.9 Å². The minimum Gasteiger partial charge on any atom is -0.362 e. The van der Waals surface area contributed by atoms with Gasteiger partial charge in [-0.25, -0.2) is 0 Å². The summed E-state index contributed by atoms with van der Waals surface area (Å²) >= 11 is 0. The monoisotopic (exact) mass is 336 g/mol. The Kier molecular flexibility index (Phi) is 3.35. The number of aromatic nitrogens is 2. The molecule has 1 saturated heterocycles. The van der Waals surface area contributed by atoms with E-state index in [2.05, 4.69) is 50.7 Å². The van der Waals surface area contributed by atoms with E-state index in [0.29, 0.717) is 0 Å². The molecule has 2 aromatic rings. The fraction of sp³-hybridized carbons (Fsp3) is 0.474. The summed E-state index contributed by atoms with van der Waals surface area (Å²) in [5.41, 5.74) is 3.81. The van der Waals surface area contributed by atoms with Gasteiger partial charge >= 0.3 is 0 Å². The second-order valence-electron chi connectivity index (χ2n) is 7.36. The minimum atomic E-state index is 0.0229. The van der Waals surface area contributed by atoms with Crippen LogP contribution < -0.4 is 5.32 Å². The standard InChI is InChI=1S/C19H24N6/c1-23-13-15(12-21-23)14-24-9-6-19(7-10-24)22-17-5-3-2-4-16(17)18-20-8-11-25(18)19/h2-5,12-13,22H,6-11,14H2,1H3. The van der Waals surface area contributed by atoms with Gasteiger partial charge < -0.3 is 10.2 Å². The second-order valence-corrected chi connectivity index (χ2v) is 7.36. The van der Waals surface area contributed by atoms with Crippen LogP contribution in [0.2, 0.25) is 0 Å². The quantitative estimate of drug-likeness (QED) is 0.910. The lowest BCUT2D eigenvalue weighted by molar-refractivity contribution is 0.0895. The van der Waals surface area contributed by atoms with Crippen molar-refractivity contribution in [2.75, 3.05) is 31.5 Å². The molecule has 0 saturated carbocycles. The van der Waals surface area contributed by atoms with Gasteiger partial charge in [0.05, 0.1) is 12.7 Å². The number of amidine groups is 1. The molecule has 0 bridgehead atoms. The van der Waals surface area contributed by atoms with Gasteiger partial charge in [-0.2, -0.15) is 5.10 Å². The summed E-state index contributed by atoms with van der Waals surface area (Å²) in [5.74, 6) is 1.19. The van der Waals surface area contributed by atoms with Crippen molar-refractivity contribution >= 4 is 11.5 Å². The summed E-state index contributed by atoms with van der Waals surface area (Å²) in [6.45, 7) is 5.11. The molecule has 6 heteroatoms. The van der Waals surface area contributed by atoms with Crippen molar-refractivity contribution in [1.29, 1.82) is 0 Å².